The van der Waals surface area contributed by atoms with Gasteiger partial charge >= 0.3 is 5.97 Å². The number of benzene rings is 1. The molecule has 0 bridgehead atoms. The molecule has 1 saturated heterocycles. The number of hydrogen-bond acceptors (Lipinski definition) is 9. The number of rotatable bonds is 7. The van der Waals surface area contributed by atoms with E-state index in [1.807, 2.05) is 30.3 Å². The number of aliphatic hydroxyl groups is 2. The van der Waals surface area contributed by atoms with Gasteiger partial charge in [-0.05, 0) is 12.0 Å². The van der Waals surface area contributed by atoms with E-state index in [0.717, 1.165) is 12.0 Å². The molecule has 3 N–H and O–H groups in total. The molecule has 164 valence electrons. The fourth-order valence-electron chi connectivity index (χ4n) is 3.71. The van der Waals surface area contributed by atoms with Gasteiger partial charge in [-0.3, -0.25) is 9.36 Å². The van der Waals surface area contributed by atoms with Gasteiger partial charge in [0.05, 0.1) is 12.4 Å². The SMILES string of the molecule is CC[C@@H](Nc1ncnc2c1ncn2[C@@H]1O[C@H](COC(C)=O)C(O)C1O)c1ccccc1. The smallest absolute Gasteiger partial charge is 0.302 e. The molecule has 5 atom stereocenters. The molecular formula is C21H25N5O5. The van der Waals surface area contributed by atoms with E-state index in [2.05, 4.69) is 27.2 Å². The fourth-order valence-corrected chi connectivity index (χ4v) is 3.71. The summed E-state index contributed by atoms with van der Waals surface area (Å²) < 4.78 is 12.2. The van der Waals surface area contributed by atoms with Crippen molar-refractivity contribution in [2.75, 3.05) is 11.9 Å². The maximum absolute atomic E-state index is 11.1. The molecule has 1 aliphatic heterocycles. The molecule has 10 heteroatoms. The van der Waals surface area contributed by atoms with Crippen LogP contribution in [0.5, 0.6) is 0 Å². The summed E-state index contributed by atoms with van der Waals surface area (Å²) in [5.41, 5.74) is 2.09. The van der Waals surface area contributed by atoms with Crippen LogP contribution >= 0.6 is 0 Å². The lowest BCUT2D eigenvalue weighted by Gasteiger charge is -2.19. The Morgan fingerprint density at radius 2 is 2.00 bits per heavy atom. The van der Waals surface area contributed by atoms with Crippen LogP contribution < -0.4 is 5.32 Å². The zero-order valence-corrected chi connectivity index (χ0v) is 17.3. The Bertz CT molecular complexity index is 1040. The molecule has 2 unspecified atom stereocenters. The Hall–Kier alpha value is -3.08. The van der Waals surface area contributed by atoms with Crippen molar-refractivity contribution in [3.05, 3.63) is 48.5 Å². The van der Waals surface area contributed by atoms with E-state index in [1.54, 1.807) is 4.57 Å². The number of imidazole rings is 1. The number of ether oxygens (including phenoxy) is 2. The van der Waals surface area contributed by atoms with Crippen LogP contribution in [0.1, 0.15) is 38.1 Å². The van der Waals surface area contributed by atoms with Crippen molar-refractivity contribution in [1.29, 1.82) is 0 Å². The molecule has 4 rings (SSSR count). The van der Waals surface area contributed by atoms with E-state index in [4.69, 9.17) is 9.47 Å². The first-order valence-electron chi connectivity index (χ1n) is 10.1. The second kappa shape index (κ2) is 8.96. The van der Waals surface area contributed by atoms with Gasteiger partial charge in [0.25, 0.3) is 0 Å². The van der Waals surface area contributed by atoms with E-state index in [0.29, 0.717) is 17.0 Å². The molecule has 3 aromatic rings. The van der Waals surface area contributed by atoms with Gasteiger partial charge in [0, 0.05) is 6.92 Å². The number of esters is 1. The highest BCUT2D eigenvalue weighted by Gasteiger charge is 2.44. The summed E-state index contributed by atoms with van der Waals surface area (Å²) in [7, 11) is 0. The largest absolute Gasteiger partial charge is 0.463 e. The third-order valence-corrected chi connectivity index (χ3v) is 5.34. The van der Waals surface area contributed by atoms with Crippen molar-refractivity contribution < 1.29 is 24.5 Å². The molecule has 0 aliphatic carbocycles. The molecule has 0 radical (unpaired) electrons. The van der Waals surface area contributed by atoms with E-state index >= 15 is 0 Å². The maximum Gasteiger partial charge on any atom is 0.302 e. The Kier molecular flexibility index (Phi) is 6.12. The molecular weight excluding hydrogens is 402 g/mol. The Balaban J connectivity index is 1.60. The molecule has 10 nitrogen and oxygen atoms in total. The second-order valence-electron chi connectivity index (χ2n) is 7.41. The van der Waals surface area contributed by atoms with Crippen molar-refractivity contribution in [1.82, 2.24) is 19.5 Å². The van der Waals surface area contributed by atoms with E-state index in [9.17, 15) is 15.0 Å². The van der Waals surface area contributed by atoms with Gasteiger partial charge in [-0.15, -0.1) is 0 Å². The first-order valence-corrected chi connectivity index (χ1v) is 10.1. The fraction of sp³-hybridized carbons (Fsp3) is 0.429. The van der Waals surface area contributed by atoms with Gasteiger partial charge in [-0.25, -0.2) is 15.0 Å². The number of carbonyl (C=O) groups is 1. The van der Waals surface area contributed by atoms with Crippen molar-refractivity contribution in [2.24, 2.45) is 0 Å². The zero-order chi connectivity index (χ0) is 22.0. The maximum atomic E-state index is 11.1. The van der Waals surface area contributed by atoms with Gasteiger partial charge in [0.15, 0.2) is 23.2 Å². The summed E-state index contributed by atoms with van der Waals surface area (Å²) in [4.78, 5) is 24.1. The minimum atomic E-state index is -1.24. The van der Waals surface area contributed by atoms with Gasteiger partial charge < -0.3 is 25.0 Å². The predicted molar refractivity (Wildman–Crippen MR) is 111 cm³/mol. The number of fused-ring (bicyclic) bond motifs is 1. The highest BCUT2D eigenvalue weighted by molar-refractivity contribution is 5.83. The molecule has 0 saturated carbocycles. The summed E-state index contributed by atoms with van der Waals surface area (Å²) in [6.45, 7) is 3.19. The lowest BCUT2D eigenvalue weighted by molar-refractivity contribution is -0.147. The van der Waals surface area contributed by atoms with Crippen molar-refractivity contribution in [2.45, 2.75) is 50.8 Å². The average molecular weight is 427 g/mol. The highest BCUT2D eigenvalue weighted by Crippen LogP contribution is 2.33. The van der Waals surface area contributed by atoms with Crippen LogP contribution in [0.2, 0.25) is 0 Å². The summed E-state index contributed by atoms with van der Waals surface area (Å²) in [5.74, 6) is 0.0677. The minimum Gasteiger partial charge on any atom is -0.463 e. The average Bonchev–Trinajstić information content (AvgIpc) is 3.33. The van der Waals surface area contributed by atoms with Crippen LogP contribution in [-0.2, 0) is 14.3 Å². The first kappa shape index (κ1) is 21.2. The van der Waals surface area contributed by atoms with Gasteiger partial charge in [0.1, 0.15) is 31.2 Å². The molecule has 1 fully saturated rings. The van der Waals surface area contributed by atoms with Crippen molar-refractivity contribution >= 4 is 23.0 Å². The number of nitrogens with one attached hydrogen (secondary N) is 1. The molecule has 1 aromatic carbocycles. The highest BCUT2D eigenvalue weighted by atomic mass is 16.6. The number of hydrogen-bond donors (Lipinski definition) is 3. The van der Waals surface area contributed by atoms with Crippen molar-refractivity contribution in [3.63, 3.8) is 0 Å². The van der Waals surface area contributed by atoms with Gasteiger partial charge in [-0.2, -0.15) is 0 Å². The molecule has 0 amide bonds. The number of aromatic nitrogens is 4. The Morgan fingerprint density at radius 1 is 1.23 bits per heavy atom. The third kappa shape index (κ3) is 4.22. The standard InChI is InChI=1S/C21H25N5O5/c1-3-14(13-7-5-4-6-8-13)25-19-16-20(23-10-22-19)26(11-24-16)21-18(29)17(28)15(31-21)9-30-12(2)27/h4-8,10-11,14-15,17-18,21,28-29H,3,9H2,1-2H3,(H,22,23,25)/t14-,15-,17?,18?,21-/m1/s1. The van der Waals surface area contributed by atoms with Crippen LogP contribution in [0.3, 0.4) is 0 Å². The second-order valence-corrected chi connectivity index (χ2v) is 7.41. The lowest BCUT2D eigenvalue weighted by Crippen LogP contribution is -2.34. The van der Waals surface area contributed by atoms with Crippen LogP contribution in [0.25, 0.3) is 11.2 Å². The molecule has 0 spiro atoms. The van der Waals surface area contributed by atoms with E-state index in [-0.39, 0.29) is 12.6 Å². The summed E-state index contributed by atoms with van der Waals surface area (Å²) in [5, 5.41) is 24.2. The molecule has 31 heavy (non-hydrogen) atoms. The minimum absolute atomic E-state index is 0.0349. The quantitative estimate of drug-likeness (QED) is 0.481. The topological polar surface area (TPSA) is 132 Å². The molecule has 2 aromatic heterocycles. The van der Waals surface area contributed by atoms with Crippen LogP contribution in [-0.4, -0.2) is 60.6 Å². The van der Waals surface area contributed by atoms with Gasteiger partial charge in [0.2, 0.25) is 0 Å². The normalized spacial score (nSPS) is 24.3. The number of aliphatic hydroxyl groups excluding tert-OH is 2. The number of anilines is 1. The summed E-state index contributed by atoms with van der Waals surface area (Å²) in [6, 6.07) is 10.1. The third-order valence-electron chi connectivity index (χ3n) is 5.34. The van der Waals surface area contributed by atoms with Gasteiger partial charge in [-0.1, -0.05) is 37.3 Å². The van der Waals surface area contributed by atoms with E-state index in [1.165, 1.54) is 19.6 Å². The van der Waals surface area contributed by atoms with Crippen LogP contribution in [0, 0.1) is 0 Å². The molecule has 3 heterocycles. The Labute approximate surface area is 178 Å². The summed E-state index contributed by atoms with van der Waals surface area (Å²) in [6.07, 6.45) is -0.508. The number of nitrogens with zero attached hydrogens (tertiary/aromatic N) is 4. The summed E-state index contributed by atoms with van der Waals surface area (Å²) >= 11 is 0. The van der Waals surface area contributed by atoms with E-state index < -0.39 is 30.5 Å². The van der Waals surface area contributed by atoms with Crippen LogP contribution in [0.15, 0.2) is 43.0 Å². The Morgan fingerprint density at radius 3 is 2.71 bits per heavy atom. The van der Waals surface area contributed by atoms with Crippen LogP contribution in [0.4, 0.5) is 5.82 Å². The molecule has 1 aliphatic rings. The first-order chi connectivity index (χ1) is 15.0. The lowest BCUT2D eigenvalue weighted by atomic mass is 10.0. The monoisotopic (exact) mass is 427 g/mol. The van der Waals surface area contributed by atoms with Crippen molar-refractivity contribution in [3.8, 4) is 0 Å². The zero-order valence-electron chi connectivity index (χ0n) is 17.3. The predicted octanol–water partition coefficient (Wildman–Crippen LogP) is 1.57. The number of carbonyl (C=O) groups excluding carboxylic acids is 1.